The average molecular weight is 355 g/mol. The van der Waals surface area contributed by atoms with E-state index in [-0.39, 0.29) is 17.4 Å². The average Bonchev–Trinajstić information content (AvgIpc) is 3.03. The van der Waals surface area contributed by atoms with E-state index in [9.17, 15) is 4.39 Å². The SMILES string of the molecule is CC.CC.CN1CC(F)C(C)(C)C1.CN1CCC(CO)(CCl)C1. The summed E-state index contributed by atoms with van der Waals surface area (Å²) in [6, 6.07) is 0. The van der Waals surface area contributed by atoms with Crippen molar-refractivity contribution in [2.45, 2.75) is 54.1 Å². The van der Waals surface area contributed by atoms with E-state index >= 15 is 0 Å². The molecule has 2 aliphatic rings. The lowest BCUT2D eigenvalue weighted by Gasteiger charge is -2.22. The minimum atomic E-state index is -0.637. The fraction of sp³-hybridized carbons (Fsp3) is 1.00. The van der Waals surface area contributed by atoms with Gasteiger partial charge in [-0.3, -0.25) is 0 Å². The minimum absolute atomic E-state index is 0.00367. The van der Waals surface area contributed by atoms with Crippen molar-refractivity contribution < 1.29 is 9.50 Å². The summed E-state index contributed by atoms with van der Waals surface area (Å²) in [6.07, 6.45) is 0.395. The molecule has 0 saturated carbocycles. The Kier molecular flexibility index (Phi) is 13.7. The van der Waals surface area contributed by atoms with Crippen molar-refractivity contribution in [3.63, 3.8) is 0 Å². The Morgan fingerprint density at radius 2 is 1.61 bits per heavy atom. The second kappa shape index (κ2) is 12.5. The summed E-state index contributed by atoms with van der Waals surface area (Å²) in [5.41, 5.74) is -0.120. The van der Waals surface area contributed by atoms with Crippen molar-refractivity contribution in [3.8, 4) is 0 Å². The van der Waals surface area contributed by atoms with Crippen molar-refractivity contribution >= 4 is 11.6 Å². The van der Waals surface area contributed by atoms with Gasteiger partial charge < -0.3 is 14.9 Å². The minimum Gasteiger partial charge on any atom is -0.396 e. The largest absolute Gasteiger partial charge is 0.396 e. The summed E-state index contributed by atoms with van der Waals surface area (Å²) in [5.74, 6) is 0.577. The van der Waals surface area contributed by atoms with Crippen LogP contribution >= 0.6 is 11.6 Å². The molecule has 5 heteroatoms. The maximum atomic E-state index is 12.9. The number of aliphatic hydroxyl groups excluding tert-OH is 1. The van der Waals surface area contributed by atoms with E-state index in [2.05, 4.69) is 11.9 Å². The number of hydrogen-bond acceptors (Lipinski definition) is 3. The molecular formula is C18H40ClFN2O. The molecule has 0 aliphatic carbocycles. The highest BCUT2D eigenvalue weighted by atomic mass is 35.5. The van der Waals surface area contributed by atoms with Crippen LogP contribution < -0.4 is 0 Å². The maximum Gasteiger partial charge on any atom is 0.119 e. The normalized spacial score (nSPS) is 29.6. The molecule has 3 nitrogen and oxygen atoms in total. The van der Waals surface area contributed by atoms with Gasteiger partial charge in [0.15, 0.2) is 0 Å². The second-order valence-corrected chi connectivity index (χ2v) is 7.20. The molecule has 0 aromatic carbocycles. The number of aliphatic hydroxyl groups is 1. The fourth-order valence-corrected chi connectivity index (χ4v) is 3.12. The highest BCUT2D eigenvalue weighted by molar-refractivity contribution is 6.18. The van der Waals surface area contributed by atoms with Crippen LogP contribution in [0.25, 0.3) is 0 Å². The van der Waals surface area contributed by atoms with E-state index < -0.39 is 6.17 Å². The molecule has 0 spiro atoms. The van der Waals surface area contributed by atoms with Crippen molar-refractivity contribution in [2.75, 3.05) is 52.8 Å². The molecule has 0 bridgehead atoms. The molecule has 0 aromatic heterocycles. The van der Waals surface area contributed by atoms with Crippen LogP contribution in [0.4, 0.5) is 4.39 Å². The third-order valence-electron chi connectivity index (χ3n) is 4.25. The van der Waals surface area contributed by atoms with Gasteiger partial charge in [0.1, 0.15) is 6.17 Å². The highest BCUT2D eigenvalue weighted by Crippen LogP contribution is 2.31. The molecule has 2 heterocycles. The topological polar surface area (TPSA) is 26.7 Å². The van der Waals surface area contributed by atoms with Gasteiger partial charge in [0.2, 0.25) is 0 Å². The predicted molar refractivity (Wildman–Crippen MR) is 101 cm³/mol. The molecule has 142 valence electrons. The summed E-state index contributed by atoms with van der Waals surface area (Å²) in [4.78, 5) is 4.24. The lowest BCUT2D eigenvalue weighted by atomic mass is 9.91. The van der Waals surface area contributed by atoms with E-state index in [0.29, 0.717) is 12.4 Å². The molecule has 2 unspecified atom stereocenters. The molecule has 1 N–H and O–H groups in total. The molecule has 2 atom stereocenters. The Bertz CT molecular complexity index is 286. The zero-order valence-electron chi connectivity index (χ0n) is 16.6. The van der Waals surface area contributed by atoms with E-state index in [1.54, 1.807) is 0 Å². The fourth-order valence-electron chi connectivity index (χ4n) is 2.82. The molecule has 2 saturated heterocycles. The van der Waals surface area contributed by atoms with Gasteiger partial charge in [0, 0.05) is 36.3 Å². The summed E-state index contributed by atoms with van der Waals surface area (Å²) in [5, 5.41) is 9.02. The van der Waals surface area contributed by atoms with Gasteiger partial charge in [-0.05, 0) is 27.1 Å². The van der Waals surface area contributed by atoms with Gasteiger partial charge in [-0.1, -0.05) is 41.5 Å². The zero-order chi connectivity index (χ0) is 18.7. The van der Waals surface area contributed by atoms with Gasteiger partial charge >= 0.3 is 0 Å². The smallest absolute Gasteiger partial charge is 0.119 e. The van der Waals surface area contributed by atoms with Gasteiger partial charge in [-0.15, -0.1) is 11.6 Å². The van der Waals surface area contributed by atoms with Gasteiger partial charge in [0.25, 0.3) is 0 Å². The first-order chi connectivity index (χ1) is 10.7. The van der Waals surface area contributed by atoms with Crippen molar-refractivity contribution in [2.24, 2.45) is 10.8 Å². The standard InChI is InChI=1S/C7H14ClNO.C7H14FN.2C2H6/c1-9-3-2-7(4-8,5-9)6-10;1-7(2)5-9(3)4-6(7)8;2*1-2/h10H,2-6H2,1H3;6H,4-5H2,1-3H3;2*1-2H3. The number of alkyl halides is 2. The van der Waals surface area contributed by atoms with Crippen molar-refractivity contribution in [1.29, 1.82) is 0 Å². The van der Waals surface area contributed by atoms with Gasteiger partial charge in [-0.25, -0.2) is 4.39 Å². The number of rotatable bonds is 2. The van der Waals surface area contributed by atoms with Crippen LogP contribution in [-0.2, 0) is 0 Å². The Balaban J connectivity index is 0. The van der Waals surface area contributed by atoms with Gasteiger partial charge in [-0.2, -0.15) is 0 Å². The lowest BCUT2D eigenvalue weighted by molar-refractivity contribution is 0.153. The summed E-state index contributed by atoms with van der Waals surface area (Å²) < 4.78 is 12.9. The molecule has 0 radical (unpaired) electrons. The number of likely N-dealkylation sites (tertiary alicyclic amines) is 2. The van der Waals surface area contributed by atoms with Crippen LogP contribution in [0.1, 0.15) is 48.0 Å². The van der Waals surface area contributed by atoms with Crippen molar-refractivity contribution in [1.82, 2.24) is 9.80 Å². The monoisotopic (exact) mass is 354 g/mol. The Morgan fingerprint density at radius 3 is 1.74 bits per heavy atom. The van der Waals surface area contributed by atoms with Gasteiger partial charge in [0.05, 0.1) is 6.61 Å². The molecule has 0 amide bonds. The van der Waals surface area contributed by atoms with Crippen LogP contribution in [0.3, 0.4) is 0 Å². The Hall–Kier alpha value is 0.1000. The zero-order valence-corrected chi connectivity index (χ0v) is 17.4. The summed E-state index contributed by atoms with van der Waals surface area (Å²) >= 11 is 5.74. The van der Waals surface area contributed by atoms with Crippen LogP contribution in [0.15, 0.2) is 0 Å². The Morgan fingerprint density at radius 1 is 1.09 bits per heavy atom. The van der Waals surface area contributed by atoms with Crippen LogP contribution in [0.5, 0.6) is 0 Å². The first kappa shape index (κ1) is 25.3. The van der Waals surface area contributed by atoms with E-state index in [1.807, 2.05) is 53.5 Å². The molecular weight excluding hydrogens is 315 g/mol. The third-order valence-corrected chi connectivity index (χ3v) is 4.81. The second-order valence-electron chi connectivity index (χ2n) is 6.93. The Labute approximate surface area is 149 Å². The van der Waals surface area contributed by atoms with E-state index in [1.165, 1.54) is 0 Å². The summed E-state index contributed by atoms with van der Waals surface area (Å²) in [7, 11) is 4.02. The quantitative estimate of drug-likeness (QED) is 0.762. The molecule has 23 heavy (non-hydrogen) atoms. The van der Waals surface area contributed by atoms with Crippen LogP contribution in [-0.4, -0.2) is 73.8 Å². The number of halogens is 2. The van der Waals surface area contributed by atoms with E-state index in [4.69, 9.17) is 16.7 Å². The van der Waals surface area contributed by atoms with E-state index in [0.717, 1.165) is 26.1 Å². The van der Waals surface area contributed by atoms with Crippen LogP contribution in [0, 0.1) is 10.8 Å². The maximum absolute atomic E-state index is 12.9. The molecule has 2 aliphatic heterocycles. The predicted octanol–water partition coefficient (Wildman–Crippen LogP) is 3.89. The van der Waals surface area contributed by atoms with Crippen LogP contribution in [0.2, 0.25) is 0 Å². The number of nitrogens with zero attached hydrogens (tertiary/aromatic N) is 2. The van der Waals surface area contributed by atoms with Crippen molar-refractivity contribution in [3.05, 3.63) is 0 Å². The third kappa shape index (κ3) is 8.67. The lowest BCUT2D eigenvalue weighted by Crippen LogP contribution is -2.30. The number of hydrogen-bond donors (Lipinski definition) is 1. The summed E-state index contributed by atoms with van der Waals surface area (Å²) in [6.45, 7) is 15.7. The molecule has 2 rings (SSSR count). The molecule has 0 aromatic rings. The highest BCUT2D eigenvalue weighted by Gasteiger charge is 2.37. The first-order valence-corrected chi connectivity index (χ1v) is 9.46. The molecule has 2 fully saturated rings. The first-order valence-electron chi connectivity index (χ1n) is 8.93.